The lowest BCUT2D eigenvalue weighted by Crippen LogP contribution is -2.10. The Hall–Kier alpha value is -3.15. The standard InChI is InChI=1S/C20H22N6/c1-15(2)10-22-19-20-21-8-9-26(20)18(12-23-19)17-11-24-25(14-17)13-16-6-4-3-5-7-16/h3-9,11-12,14-15H,10,13H2,1-2H3,(H,22,23). The zero-order valence-corrected chi connectivity index (χ0v) is 15.0. The maximum atomic E-state index is 4.59. The van der Waals surface area contributed by atoms with Gasteiger partial charge in [0.15, 0.2) is 11.5 Å². The van der Waals surface area contributed by atoms with Gasteiger partial charge in [0.25, 0.3) is 0 Å². The zero-order chi connectivity index (χ0) is 17.9. The second kappa shape index (κ2) is 7.00. The molecule has 0 saturated heterocycles. The molecule has 1 N–H and O–H groups in total. The van der Waals surface area contributed by atoms with Crippen LogP contribution in [-0.2, 0) is 6.54 Å². The monoisotopic (exact) mass is 346 g/mol. The first-order valence-electron chi connectivity index (χ1n) is 8.83. The fraction of sp³-hybridized carbons (Fsp3) is 0.250. The molecule has 0 aliphatic carbocycles. The van der Waals surface area contributed by atoms with Gasteiger partial charge in [-0.05, 0) is 11.5 Å². The quantitative estimate of drug-likeness (QED) is 0.578. The highest BCUT2D eigenvalue weighted by atomic mass is 15.3. The van der Waals surface area contributed by atoms with Crippen LogP contribution in [0.1, 0.15) is 19.4 Å². The van der Waals surface area contributed by atoms with Gasteiger partial charge < -0.3 is 5.32 Å². The Morgan fingerprint density at radius 2 is 1.92 bits per heavy atom. The molecule has 0 unspecified atom stereocenters. The number of aromatic nitrogens is 5. The Kier molecular flexibility index (Phi) is 4.39. The fourth-order valence-electron chi connectivity index (χ4n) is 2.91. The number of nitrogens with zero attached hydrogens (tertiary/aromatic N) is 5. The first-order chi connectivity index (χ1) is 12.7. The van der Waals surface area contributed by atoms with Crippen LogP contribution in [0.4, 0.5) is 5.82 Å². The van der Waals surface area contributed by atoms with Gasteiger partial charge in [-0.1, -0.05) is 44.2 Å². The van der Waals surface area contributed by atoms with E-state index in [0.717, 1.165) is 35.8 Å². The highest BCUT2D eigenvalue weighted by Crippen LogP contribution is 2.23. The van der Waals surface area contributed by atoms with Crippen molar-refractivity contribution in [1.29, 1.82) is 0 Å². The maximum Gasteiger partial charge on any atom is 0.180 e. The van der Waals surface area contributed by atoms with Crippen LogP contribution < -0.4 is 5.32 Å². The summed E-state index contributed by atoms with van der Waals surface area (Å²) in [7, 11) is 0. The fourth-order valence-corrected chi connectivity index (χ4v) is 2.91. The van der Waals surface area contributed by atoms with E-state index in [2.05, 4.69) is 50.8 Å². The summed E-state index contributed by atoms with van der Waals surface area (Å²) < 4.78 is 4.00. The van der Waals surface area contributed by atoms with Gasteiger partial charge in [-0.3, -0.25) is 9.08 Å². The average Bonchev–Trinajstić information content (AvgIpc) is 3.30. The summed E-state index contributed by atoms with van der Waals surface area (Å²) in [5.41, 5.74) is 4.05. The molecule has 3 aromatic heterocycles. The van der Waals surface area contributed by atoms with E-state index >= 15 is 0 Å². The second-order valence-corrected chi connectivity index (χ2v) is 6.80. The normalized spacial score (nSPS) is 11.3. The summed E-state index contributed by atoms with van der Waals surface area (Å²) >= 11 is 0. The summed E-state index contributed by atoms with van der Waals surface area (Å²) in [6.45, 7) is 5.95. The topological polar surface area (TPSA) is 60.0 Å². The van der Waals surface area contributed by atoms with E-state index in [4.69, 9.17) is 0 Å². The van der Waals surface area contributed by atoms with Crippen molar-refractivity contribution in [3.05, 3.63) is 66.9 Å². The Morgan fingerprint density at radius 3 is 2.73 bits per heavy atom. The molecule has 0 bridgehead atoms. The SMILES string of the molecule is CC(C)CNc1ncc(-c2cnn(Cc3ccccc3)c2)n2ccnc12. The lowest BCUT2D eigenvalue weighted by molar-refractivity contribution is 0.686. The Labute approximate surface area is 152 Å². The third-order valence-corrected chi connectivity index (χ3v) is 4.22. The lowest BCUT2D eigenvalue weighted by atomic mass is 10.2. The highest BCUT2D eigenvalue weighted by molar-refractivity contribution is 5.69. The van der Waals surface area contributed by atoms with Gasteiger partial charge in [0, 0.05) is 30.7 Å². The van der Waals surface area contributed by atoms with Crippen LogP contribution in [0.5, 0.6) is 0 Å². The van der Waals surface area contributed by atoms with E-state index in [0.29, 0.717) is 5.92 Å². The van der Waals surface area contributed by atoms with Crippen LogP contribution in [0.15, 0.2) is 61.3 Å². The lowest BCUT2D eigenvalue weighted by Gasteiger charge is -2.11. The molecule has 132 valence electrons. The molecule has 3 heterocycles. The van der Waals surface area contributed by atoms with E-state index in [-0.39, 0.29) is 0 Å². The number of nitrogens with one attached hydrogen (secondary N) is 1. The van der Waals surface area contributed by atoms with E-state index in [9.17, 15) is 0 Å². The number of anilines is 1. The molecule has 1 aromatic carbocycles. The third kappa shape index (κ3) is 3.31. The molecular formula is C20H22N6. The van der Waals surface area contributed by atoms with Gasteiger partial charge in [-0.2, -0.15) is 5.10 Å². The summed E-state index contributed by atoms with van der Waals surface area (Å²) in [4.78, 5) is 9.06. The molecule has 4 aromatic rings. The van der Waals surface area contributed by atoms with Crippen molar-refractivity contribution in [2.45, 2.75) is 20.4 Å². The van der Waals surface area contributed by atoms with Crippen molar-refractivity contribution in [2.24, 2.45) is 5.92 Å². The molecule has 6 heteroatoms. The molecule has 26 heavy (non-hydrogen) atoms. The molecular weight excluding hydrogens is 324 g/mol. The molecule has 0 saturated carbocycles. The Bertz CT molecular complexity index is 1000. The van der Waals surface area contributed by atoms with Crippen molar-refractivity contribution < 1.29 is 0 Å². The minimum Gasteiger partial charge on any atom is -0.367 e. The molecule has 0 fully saturated rings. The van der Waals surface area contributed by atoms with E-state index in [1.54, 1.807) is 6.20 Å². The number of rotatable bonds is 6. The number of fused-ring (bicyclic) bond motifs is 1. The van der Waals surface area contributed by atoms with Gasteiger partial charge in [-0.25, -0.2) is 9.97 Å². The molecule has 4 rings (SSSR count). The van der Waals surface area contributed by atoms with Crippen molar-refractivity contribution in [3.63, 3.8) is 0 Å². The Morgan fingerprint density at radius 1 is 1.08 bits per heavy atom. The van der Waals surface area contributed by atoms with E-state index in [1.165, 1.54) is 5.56 Å². The van der Waals surface area contributed by atoms with Crippen molar-refractivity contribution in [3.8, 4) is 11.3 Å². The van der Waals surface area contributed by atoms with Gasteiger partial charge in [0.2, 0.25) is 0 Å². The largest absolute Gasteiger partial charge is 0.367 e. The van der Waals surface area contributed by atoms with Crippen molar-refractivity contribution >= 4 is 11.5 Å². The number of hydrogen-bond acceptors (Lipinski definition) is 4. The smallest absolute Gasteiger partial charge is 0.180 e. The van der Waals surface area contributed by atoms with Crippen LogP contribution in [-0.4, -0.2) is 30.7 Å². The molecule has 0 spiro atoms. The second-order valence-electron chi connectivity index (χ2n) is 6.80. The summed E-state index contributed by atoms with van der Waals surface area (Å²) in [6, 6.07) is 10.3. The van der Waals surface area contributed by atoms with Crippen LogP contribution in [0.2, 0.25) is 0 Å². The summed E-state index contributed by atoms with van der Waals surface area (Å²) in [6.07, 6.45) is 9.56. The van der Waals surface area contributed by atoms with Crippen LogP contribution in [0.25, 0.3) is 16.9 Å². The molecule has 0 atom stereocenters. The highest BCUT2D eigenvalue weighted by Gasteiger charge is 2.12. The van der Waals surface area contributed by atoms with E-state index < -0.39 is 0 Å². The minimum atomic E-state index is 0.544. The maximum absolute atomic E-state index is 4.59. The summed E-state index contributed by atoms with van der Waals surface area (Å²) in [5.74, 6) is 1.35. The van der Waals surface area contributed by atoms with Crippen molar-refractivity contribution in [1.82, 2.24) is 24.1 Å². The van der Waals surface area contributed by atoms with Gasteiger partial charge in [-0.15, -0.1) is 0 Å². The molecule has 0 amide bonds. The predicted octanol–water partition coefficient (Wildman–Crippen LogP) is 3.71. The number of benzene rings is 1. The summed E-state index contributed by atoms with van der Waals surface area (Å²) in [5, 5.41) is 7.88. The third-order valence-electron chi connectivity index (χ3n) is 4.22. The molecule has 0 aliphatic rings. The van der Waals surface area contributed by atoms with Crippen LogP contribution >= 0.6 is 0 Å². The number of hydrogen-bond donors (Lipinski definition) is 1. The van der Waals surface area contributed by atoms with E-state index in [1.807, 2.05) is 47.7 Å². The first-order valence-corrected chi connectivity index (χ1v) is 8.83. The average molecular weight is 346 g/mol. The molecule has 0 aliphatic heterocycles. The van der Waals surface area contributed by atoms with Crippen LogP contribution in [0, 0.1) is 5.92 Å². The zero-order valence-electron chi connectivity index (χ0n) is 15.0. The molecule has 0 radical (unpaired) electrons. The Balaban J connectivity index is 1.63. The van der Waals surface area contributed by atoms with Gasteiger partial charge >= 0.3 is 0 Å². The number of imidazole rings is 1. The van der Waals surface area contributed by atoms with Crippen LogP contribution in [0.3, 0.4) is 0 Å². The van der Waals surface area contributed by atoms with Crippen molar-refractivity contribution in [2.75, 3.05) is 11.9 Å². The first kappa shape index (κ1) is 16.3. The minimum absolute atomic E-state index is 0.544. The predicted molar refractivity (Wildman–Crippen MR) is 103 cm³/mol. The van der Waals surface area contributed by atoms with Gasteiger partial charge in [0.05, 0.1) is 24.6 Å². The molecule has 6 nitrogen and oxygen atoms in total. The van der Waals surface area contributed by atoms with Gasteiger partial charge in [0.1, 0.15) is 0 Å².